The van der Waals surface area contributed by atoms with Crippen LogP contribution in [0.1, 0.15) is 31.8 Å². The Morgan fingerprint density at radius 3 is 1.79 bits per heavy atom. The van der Waals surface area contributed by atoms with E-state index in [1.807, 2.05) is 97.1 Å². The van der Waals surface area contributed by atoms with Crippen LogP contribution in [-0.2, 0) is 18.0 Å². The molecular weight excluding hydrogens is 412 g/mol. The highest BCUT2D eigenvalue weighted by Gasteiger charge is 2.08. The third-order valence-electron chi connectivity index (χ3n) is 5.17. The van der Waals surface area contributed by atoms with Gasteiger partial charge in [-0.2, -0.15) is 0 Å². The second kappa shape index (κ2) is 10.9. The molecule has 0 atom stereocenters. The number of carbonyl (C=O) groups excluding carboxylic acids is 2. The van der Waals surface area contributed by atoms with Gasteiger partial charge in [0, 0.05) is 17.7 Å². The van der Waals surface area contributed by atoms with Crippen molar-refractivity contribution in [1.29, 1.82) is 0 Å². The van der Waals surface area contributed by atoms with Gasteiger partial charge in [-0.05, 0) is 46.5 Å². The molecule has 0 saturated carbocycles. The highest BCUT2D eigenvalue weighted by Crippen LogP contribution is 2.19. The highest BCUT2D eigenvalue weighted by atomic mass is 16.6. The van der Waals surface area contributed by atoms with Crippen LogP contribution in [0, 0.1) is 0 Å². The first-order valence-electron chi connectivity index (χ1n) is 10.7. The predicted octanol–water partition coefficient (Wildman–Crippen LogP) is 5.15. The average molecular weight is 437 g/mol. The number of nitrogens with one attached hydrogen (secondary N) is 2. The van der Waals surface area contributed by atoms with Gasteiger partial charge in [-0.25, -0.2) is 5.48 Å². The molecule has 4 aromatic rings. The van der Waals surface area contributed by atoms with Crippen LogP contribution in [0.3, 0.4) is 0 Å². The Kier molecular flexibility index (Phi) is 7.25. The molecule has 0 heterocycles. The van der Waals surface area contributed by atoms with E-state index in [9.17, 15) is 9.59 Å². The zero-order chi connectivity index (χ0) is 22.9. The van der Waals surface area contributed by atoms with Crippen LogP contribution >= 0.6 is 0 Å². The molecule has 5 heteroatoms. The molecule has 0 unspecified atom stereocenters. The van der Waals surface area contributed by atoms with Gasteiger partial charge in [-0.1, -0.05) is 84.9 Å². The molecule has 2 amide bonds. The summed E-state index contributed by atoms with van der Waals surface area (Å²) in [7, 11) is 0. The van der Waals surface area contributed by atoms with Gasteiger partial charge in [0.25, 0.3) is 11.8 Å². The minimum absolute atomic E-state index is 0.147. The van der Waals surface area contributed by atoms with Crippen molar-refractivity contribution in [2.45, 2.75) is 13.2 Å². The summed E-state index contributed by atoms with van der Waals surface area (Å²) in [6, 6.07) is 34.2. The van der Waals surface area contributed by atoms with Gasteiger partial charge < -0.3 is 5.32 Å². The monoisotopic (exact) mass is 436 g/mol. The number of hydrogen-bond donors (Lipinski definition) is 2. The second-order valence-corrected chi connectivity index (χ2v) is 7.53. The van der Waals surface area contributed by atoms with Gasteiger partial charge in [0.15, 0.2) is 0 Å². The highest BCUT2D eigenvalue weighted by molar-refractivity contribution is 5.95. The number of carbonyl (C=O) groups is 2. The Morgan fingerprint density at radius 1 is 0.576 bits per heavy atom. The summed E-state index contributed by atoms with van der Waals surface area (Å²) in [5.41, 5.74) is 7.57. The maximum atomic E-state index is 12.5. The fourth-order valence-electron chi connectivity index (χ4n) is 3.32. The van der Waals surface area contributed by atoms with Crippen molar-refractivity contribution in [3.63, 3.8) is 0 Å². The lowest BCUT2D eigenvalue weighted by molar-refractivity contribution is 0.0233. The molecule has 0 radical (unpaired) electrons. The lowest BCUT2D eigenvalue weighted by atomic mass is 10.0. The Labute approximate surface area is 193 Å². The summed E-state index contributed by atoms with van der Waals surface area (Å²) in [4.78, 5) is 30.0. The quantitative estimate of drug-likeness (QED) is 0.376. The maximum absolute atomic E-state index is 12.5. The predicted molar refractivity (Wildman–Crippen MR) is 128 cm³/mol. The molecule has 0 aliphatic carbocycles. The van der Waals surface area contributed by atoms with Crippen molar-refractivity contribution < 1.29 is 14.4 Å². The first kappa shape index (κ1) is 22.0. The standard InChI is InChI=1S/C28H24N2O3/c31-27(25-17-15-24(16-18-25)23-9-5-2-6-10-23)29-19-21-11-13-26(14-12-21)28(32)30-33-20-22-7-3-1-4-8-22/h1-18H,19-20H2,(H,29,31)(H,30,32). The molecule has 0 fully saturated rings. The SMILES string of the molecule is O=C(NCc1ccc(C(=O)NOCc2ccccc2)cc1)c1ccc(-c2ccccc2)cc1. The number of benzene rings is 4. The van der Waals surface area contributed by atoms with Crippen LogP contribution in [0.15, 0.2) is 109 Å². The largest absolute Gasteiger partial charge is 0.348 e. The molecule has 0 spiro atoms. The van der Waals surface area contributed by atoms with Crippen LogP contribution in [0.5, 0.6) is 0 Å². The van der Waals surface area contributed by atoms with E-state index in [2.05, 4.69) is 10.8 Å². The van der Waals surface area contributed by atoms with Crippen molar-refractivity contribution in [1.82, 2.24) is 10.8 Å². The van der Waals surface area contributed by atoms with Crippen molar-refractivity contribution in [2.24, 2.45) is 0 Å². The summed E-state index contributed by atoms with van der Waals surface area (Å²) in [5, 5.41) is 2.91. The van der Waals surface area contributed by atoms with E-state index < -0.39 is 0 Å². The molecule has 5 nitrogen and oxygen atoms in total. The van der Waals surface area contributed by atoms with E-state index >= 15 is 0 Å². The lowest BCUT2D eigenvalue weighted by Crippen LogP contribution is -2.24. The Hall–Kier alpha value is -4.22. The van der Waals surface area contributed by atoms with Gasteiger partial charge in [0.05, 0.1) is 6.61 Å². The maximum Gasteiger partial charge on any atom is 0.274 e. The smallest absolute Gasteiger partial charge is 0.274 e. The van der Waals surface area contributed by atoms with Gasteiger partial charge in [0.2, 0.25) is 0 Å². The summed E-state index contributed by atoms with van der Waals surface area (Å²) < 4.78 is 0. The molecular formula is C28H24N2O3. The Morgan fingerprint density at radius 2 is 1.12 bits per heavy atom. The number of amides is 2. The minimum atomic E-state index is -0.319. The summed E-state index contributed by atoms with van der Waals surface area (Å²) in [6.45, 7) is 0.661. The molecule has 0 aromatic heterocycles. The van der Waals surface area contributed by atoms with Gasteiger partial charge in [0.1, 0.15) is 0 Å². The summed E-state index contributed by atoms with van der Waals surface area (Å²) in [6.07, 6.45) is 0. The lowest BCUT2D eigenvalue weighted by Gasteiger charge is -2.08. The van der Waals surface area contributed by atoms with E-state index in [4.69, 9.17) is 4.84 Å². The Bertz CT molecular complexity index is 1190. The van der Waals surface area contributed by atoms with Crippen LogP contribution in [-0.4, -0.2) is 11.8 Å². The minimum Gasteiger partial charge on any atom is -0.348 e. The zero-order valence-electron chi connectivity index (χ0n) is 18.0. The third kappa shape index (κ3) is 6.15. The first-order chi connectivity index (χ1) is 16.2. The molecule has 164 valence electrons. The number of rotatable bonds is 8. The van der Waals surface area contributed by atoms with E-state index in [1.165, 1.54) is 0 Å². The first-order valence-corrected chi connectivity index (χ1v) is 10.7. The number of hydroxylamine groups is 1. The molecule has 4 rings (SSSR count). The van der Waals surface area contributed by atoms with Crippen LogP contribution in [0.4, 0.5) is 0 Å². The molecule has 0 aliphatic heterocycles. The van der Waals surface area contributed by atoms with Crippen molar-refractivity contribution in [2.75, 3.05) is 0 Å². The molecule has 0 saturated heterocycles. The topological polar surface area (TPSA) is 67.4 Å². The number of hydrogen-bond acceptors (Lipinski definition) is 3. The van der Waals surface area contributed by atoms with E-state index in [1.54, 1.807) is 12.1 Å². The zero-order valence-corrected chi connectivity index (χ0v) is 18.0. The summed E-state index contributed by atoms with van der Waals surface area (Å²) in [5.74, 6) is -0.467. The van der Waals surface area contributed by atoms with Gasteiger partial charge >= 0.3 is 0 Å². The van der Waals surface area contributed by atoms with Crippen molar-refractivity contribution >= 4 is 11.8 Å². The molecule has 0 aliphatic rings. The van der Waals surface area contributed by atoms with E-state index in [0.29, 0.717) is 24.3 Å². The normalized spacial score (nSPS) is 10.4. The van der Waals surface area contributed by atoms with Gasteiger partial charge in [-0.15, -0.1) is 0 Å². The molecule has 0 bridgehead atoms. The van der Waals surface area contributed by atoms with Crippen LogP contribution in [0.2, 0.25) is 0 Å². The second-order valence-electron chi connectivity index (χ2n) is 7.53. The van der Waals surface area contributed by atoms with E-state index in [-0.39, 0.29) is 11.8 Å². The third-order valence-corrected chi connectivity index (χ3v) is 5.17. The van der Waals surface area contributed by atoms with E-state index in [0.717, 1.165) is 22.3 Å². The van der Waals surface area contributed by atoms with Crippen molar-refractivity contribution in [3.8, 4) is 11.1 Å². The molecule has 4 aromatic carbocycles. The fourth-order valence-corrected chi connectivity index (χ4v) is 3.32. The summed E-state index contributed by atoms with van der Waals surface area (Å²) >= 11 is 0. The van der Waals surface area contributed by atoms with Crippen LogP contribution in [0.25, 0.3) is 11.1 Å². The molecule has 33 heavy (non-hydrogen) atoms. The average Bonchev–Trinajstić information content (AvgIpc) is 2.89. The Balaban J connectivity index is 1.25. The van der Waals surface area contributed by atoms with Crippen molar-refractivity contribution in [3.05, 3.63) is 131 Å². The van der Waals surface area contributed by atoms with Gasteiger partial charge in [-0.3, -0.25) is 14.4 Å². The fraction of sp³-hybridized carbons (Fsp3) is 0.0714. The molecule has 2 N–H and O–H groups in total. The van der Waals surface area contributed by atoms with Crippen LogP contribution < -0.4 is 10.8 Å².